The summed E-state index contributed by atoms with van der Waals surface area (Å²) >= 11 is 0. The number of carbonyl (C=O) groups is 1. The molecular weight excluding hydrogens is 401 g/mol. The summed E-state index contributed by atoms with van der Waals surface area (Å²) in [5.74, 6) is -0.326. The van der Waals surface area contributed by atoms with E-state index < -0.39 is 11.7 Å². The highest BCUT2D eigenvalue weighted by Gasteiger charge is 2.28. The quantitative estimate of drug-likeness (QED) is 0.657. The van der Waals surface area contributed by atoms with E-state index >= 15 is 0 Å². The van der Waals surface area contributed by atoms with Gasteiger partial charge in [-0.2, -0.15) is 0 Å². The number of hydrogen-bond donors (Lipinski definition) is 2. The summed E-state index contributed by atoms with van der Waals surface area (Å²) in [6, 6.07) is 2.03. The Labute approximate surface area is 179 Å². The van der Waals surface area contributed by atoms with Crippen LogP contribution >= 0.6 is 0 Å². The van der Waals surface area contributed by atoms with Gasteiger partial charge in [0.25, 0.3) is 5.91 Å². The van der Waals surface area contributed by atoms with Crippen molar-refractivity contribution < 1.29 is 13.9 Å². The van der Waals surface area contributed by atoms with Crippen molar-refractivity contribution in [1.82, 2.24) is 19.6 Å². The molecular formula is C21H26FN7O2. The summed E-state index contributed by atoms with van der Waals surface area (Å²) in [6.45, 7) is 10.1. The third-order valence-corrected chi connectivity index (χ3v) is 5.37. The van der Waals surface area contributed by atoms with Gasteiger partial charge < -0.3 is 24.7 Å². The molecule has 31 heavy (non-hydrogen) atoms. The van der Waals surface area contributed by atoms with Gasteiger partial charge in [0, 0.05) is 37.6 Å². The zero-order valence-corrected chi connectivity index (χ0v) is 17.6. The molecule has 10 heteroatoms. The zero-order valence-electron chi connectivity index (χ0n) is 17.6. The number of rotatable bonds is 7. The summed E-state index contributed by atoms with van der Waals surface area (Å²) in [5.41, 5.74) is 1.45. The second-order valence-electron chi connectivity index (χ2n) is 7.84. The van der Waals surface area contributed by atoms with Gasteiger partial charge in [-0.3, -0.25) is 9.79 Å². The fraction of sp³-hybridized carbons (Fsp3) is 0.429. The number of aromatic nitrogens is 2. The first-order chi connectivity index (χ1) is 14.9. The maximum atomic E-state index is 14.2. The standard InChI is InChI=1S/C21H26FN7O2/c1-13-8-29-10-16(6-18(22)20(29)25-13)27-21(30)14(2)24-7-19(23-3)28-5-4-15(9-28)26-17-11-31-12-17/h6-8,10,15,17,26H,3-5,9,11-12H2,1-2H3,(H,27,30)/b19-7+,24-14+. The van der Waals surface area contributed by atoms with Crippen molar-refractivity contribution in [2.24, 2.45) is 9.98 Å². The van der Waals surface area contributed by atoms with E-state index in [0.717, 1.165) is 32.7 Å². The monoisotopic (exact) mass is 427 g/mol. The van der Waals surface area contributed by atoms with Crippen LogP contribution in [0.15, 0.2) is 40.5 Å². The lowest BCUT2D eigenvalue weighted by atomic mass is 10.2. The third-order valence-electron chi connectivity index (χ3n) is 5.37. The summed E-state index contributed by atoms with van der Waals surface area (Å²) in [4.78, 5) is 27.0. The van der Waals surface area contributed by atoms with Crippen molar-refractivity contribution >= 4 is 29.7 Å². The molecule has 2 aromatic heterocycles. The van der Waals surface area contributed by atoms with Gasteiger partial charge in [-0.15, -0.1) is 0 Å². The third kappa shape index (κ3) is 4.80. The predicted octanol–water partition coefficient (Wildman–Crippen LogP) is 1.74. The van der Waals surface area contributed by atoms with E-state index in [0.29, 0.717) is 29.3 Å². The number of fused-ring (bicyclic) bond motifs is 1. The molecule has 2 aliphatic rings. The van der Waals surface area contributed by atoms with E-state index in [9.17, 15) is 9.18 Å². The Morgan fingerprint density at radius 3 is 2.90 bits per heavy atom. The average Bonchev–Trinajstić information content (AvgIpc) is 3.31. The van der Waals surface area contributed by atoms with Crippen LogP contribution in [0.1, 0.15) is 19.0 Å². The Kier molecular flexibility index (Phi) is 6.10. The maximum Gasteiger partial charge on any atom is 0.269 e. The number of nitrogens with one attached hydrogen (secondary N) is 2. The Balaban J connectivity index is 1.39. The first-order valence-corrected chi connectivity index (χ1v) is 10.2. The van der Waals surface area contributed by atoms with Crippen LogP contribution in [0, 0.1) is 12.7 Å². The molecule has 2 aromatic rings. The molecule has 9 nitrogen and oxygen atoms in total. The normalized spacial score (nSPS) is 20.2. The van der Waals surface area contributed by atoms with E-state index in [1.807, 2.05) is 0 Å². The minimum Gasteiger partial charge on any atom is -0.378 e. The summed E-state index contributed by atoms with van der Waals surface area (Å²) in [6.07, 6.45) is 5.84. The number of anilines is 1. The van der Waals surface area contributed by atoms with Gasteiger partial charge in [-0.25, -0.2) is 14.4 Å². The highest BCUT2D eigenvalue weighted by molar-refractivity contribution is 6.42. The number of hydrogen-bond acceptors (Lipinski definition) is 7. The lowest BCUT2D eigenvalue weighted by Gasteiger charge is -2.30. The van der Waals surface area contributed by atoms with Crippen LogP contribution in [0.4, 0.5) is 10.1 Å². The number of aliphatic imine (C=N–C) groups is 2. The van der Waals surface area contributed by atoms with E-state index in [2.05, 4.69) is 37.2 Å². The smallest absolute Gasteiger partial charge is 0.269 e. The summed E-state index contributed by atoms with van der Waals surface area (Å²) in [7, 11) is 0. The van der Waals surface area contributed by atoms with Crippen molar-refractivity contribution in [3.63, 3.8) is 0 Å². The second-order valence-corrected chi connectivity index (χ2v) is 7.84. The first-order valence-electron chi connectivity index (χ1n) is 10.2. The highest BCUT2D eigenvalue weighted by atomic mass is 19.1. The van der Waals surface area contributed by atoms with Crippen molar-refractivity contribution in [2.75, 3.05) is 31.6 Å². The summed E-state index contributed by atoms with van der Waals surface area (Å²) in [5, 5.41) is 6.23. The van der Waals surface area contributed by atoms with Gasteiger partial charge in [0.1, 0.15) is 11.5 Å². The Morgan fingerprint density at radius 2 is 2.19 bits per heavy atom. The molecule has 0 bridgehead atoms. The minimum absolute atomic E-state index is 0.216. The first kappa shape index (κ1) is 21.1. The maximum absolute atomic E-state index is 14.2. The zero-order chi connectivity index (χ0) is 22.0. The Morgan fingerprint density at radius 1 is 1.39 bits per heavy atom. The van der Waals surface area contributed by atoms with Crippen LogP contribution in [-0.4, -0.2) is 71.0 Å². The molecule has 2 aliphatic heterocycles. The molecule has 0 aromatic carbocycles. The lowest BCUT2D eigenvalue weighted by molar-refractivity contribution is -0.110. The number of ether oxygens (including phenoxy) is 1. The fourth-order valence-electron chi connectivity index (χ4n) is 3.67. The molecule has 4 heterocycles. The number of likely N-dealkylation sites (tertiary alicyclic amines) is 1. The minimum atomic E-state index is -0.510. The van der Waals surface area contributed by atoms with Crippen LogP contribution < -0.4 is 10.6 Å². The van der Waals surface area contributed by atoms with Gasteiger partial charge in [0.2, 0.25) is 0 Å². The van der Waals surface area contributed by atoms with Crippen LogP contribution in [-0.2, 0) is 9.53 Å². The molecule has 0 spiro atoms. The molecule has 1 atom stereocenters. The average molecular weight is 427 g/mol. The van der Waals surface area contributed by atoms with E-state index in [1.54, 1.807) is 36.8 Å². The van der Waals surface area contributed by atoms with Crippen molar-refractivity contribution in [3.8, 4) is 0 Å². The molecule has 164 valence electrons. The number of carbonyl (C=O) groups excluding carboxylic acids is 1. The fourth-order valence-corrected chi connectivity index (χ4v) is 3.67. The van der Waals surface area contributed by atoms with Crippen LogP contribution in [0.5, 0.6) is 0 Å². The topological polar surface area (TPSA) is 95.6 Å². The van der Waals surface area contributed by atoms with E-state index in [1.165, 1.54) is 6.07 Å². The Bertz CT molecular complexity index is 1060. The van der Waals surface area contributed by atoms with E-state index in [-0.39, 0.29) is 11.4 Å². The van der Waals surface area contributed by atoms with Gasteiger partial charge in [0.05, 0.1) is 36.8 Å². The molecule has 1 unspecified atom stereocenters. The number of halogens is 1. The number of nitrogens with zero attached hydrogens (tertiary/aromatic N) is 5. The molecule has 2 N–H and O–H groups in total. The van der Waals surface area contributed by atoms with Crippen LogP contribution in [0.25, 0.3) is 5.65 Å². The predicted molar refractivity (Wildman–Crippen MR) is 117 cm³/mol. The molecule has 4 rings (SSSR count). The van der Waals surface area contributed by atoms with E-state index in [4.69, 9.17) is 4.74 Å². The SMILES string of the molecule is C=N/C(=C\N=C(/C)C(=O)Nc1cc(F)c2nc(C)cn2c1)N1CCC(NC2COC2)C1. The van der Waals surface area contributed by atoms with Gasteiger partial charge in [-0.1, -0.05) is 0 Å². The van der Waals surface area contributed by atoms with Gasteiger partial charge in [0.15, 0.2) is 11.5 Å². The molecule has 0 saturated carbocycles. The Hall–Kier alpha value is -3.11. The number of amides is 1. The summed E-state index contributed by atoms with van der Waals surface area (Å²) < 4.78 is 21.0. The number of aryl methyl sites for hydroxylation is 1. The molecule has 0 radical (unpaired) electrons. The van der Waals surface area contributed by atoms with Crippen LogP contribution in [0.3, 0.4) is 0 Å². The molecule has 1 amide bonds. The van der Waals surface area contributed by atoms with Crippen molar-refractivity contribution in [3.05, 3.63) is 42.0 Å². The highest BCUT2D eigenvalue weighted by Crippen LogP contribution is 2.18. The number of pyridine rings is 1. The number of imidazole rings is 1. The van der Waals surface area contributed by atoms with Gasteiger partial charge >= 0.3 is 0 Å². The molecule has 2 fully saturated rings. The second kappa shape index (κ2) is 8.94. The van der Waals surface area contributed by atoms with Crippen molar-refractivity contribution in [1.29, 1.82) is 0 Å². The largest absolute Gasteiger partial charge is 0.378 e. The van der Waals surface area contributed by atoms with Crippen LogP contribution in [0.2, 0.25) is 0 Å². The van der Waals surface area contributed by atoms with Gasteiger partial charge in [-0.05, 0) is 27.0 Å². The lowest BCUT2D eigenvalue weighted by Crippen LogP contribution is -2.51. The molecule has 2 saturated heterocycles. The van der Waals surface area contributed by atoms with Crippen molar-refractivity contribution in [2.45, 2.75) is 32.4 Å². The molecule has 0 aliphatic carbocycles.